The van der Waals surface area contributed by atoms with Gasteiger partial charge in [-0.1, -0.05) is 23.4 Å². The van der Waals surface area contributed by atoms with Crippen molar-refractivity contribution in [3.8, 4) is 17.6 Å². The van der Waals surface area contributed by atoms with E-state index in [-0.39, 0.29) is 6.61 Å². The van der Waals surface area contributed by atoms with Gasteiger partial charge in [0.25, 0.3) is 0 Å². The van der Waals surface area contributed by atoms with Gasteiger partial charge < -0.3 is 9.84 Å². The van der Waals surface area contributed by atoms with Crippen LogP contribution < -0.4 is 4.74 Å². The van der Waals surface area contributed by atoms with E-state index in [4.69, 9.17) is 21.4 Å². The minimum atomic E-state index is 0.0620. The van der Waals surface area contributed by atoms with E-state index in [9.17, 15) is 0 Å². The molecule has 0 bridgehead atoms. The summed E-state index contributed by atoms with van der Waals surface area (Å²) in [5.41, 5.74) is 2.69. The predicted molar refractivity (Wildman–Crippen MR) is 82.7 cm³/mol. The van der Waals surface area contributed by atoms with Crippen LogP contribution in [0.3, 0.4) is 0 Å². The first kappa shape index (κ1) is 15.4. The number of nitrogens with zero attached hydrogens (tertiary/aromatic N) is 2. The van der Waals surface area contributed by atoms with Crippen molar-refractivity contribution in [1.82, 2.24) is 9.78 Å². The molecule has 0 fully saturated rings. The third-order valence-electron chi connectivity index (χ3n) is 2.99. The molecule has 5 heteroatoms. The molecule has 2 rings (SSSR count). The van der Waals surface area contributed by atoms with Crippen LogP contribution in [0.5, 0.6) is 5.75 Å². The van der Waals surface area contributed by atoms with Gasteiger partial charge in [0.15, 0.2) is 0 Å². The SMILES string of the molecule is COc1ccc(C#CCCO)c(Cn2cc(Cl)c(C)n2)c1. The summed E-state index contributed by atoms with van der Waals surface area (Å²) in [5.74, 6) is 6.77. The van der Waals surface area contributed by atoms with E-state index in [1.165, 1.54) is 0 Å². The number of benzene rings is 1. The van der Waals surface area contributed by atoms with Gasteiger partial charge >= 0.3 is 0 Å². The Morgan fingerprint density at radius 3 is 2.86 bits per heavy atom. The molecular formula is C16H17ClN2O2. The third kappa shape index (κ3) is 4.01. The number of methoxy groups -OCH3 is 1. The molecule has 1 N–H and O–H groups in total. The molecule has 21 heavy (non-hydrogen) atoms. The molecule has 4 nitrogen and oxygen atoms in total. The van der Waals surface area contributed by atoms with Crippen LogP contribution in [0.25, 0.3) is 0 Å². The van der Waals surface area contributed by atoms with E-state index in [2.05, 4.69) is 16.9 Å². The fourth-order valence-electron chi connectivity index (χ4n) is 1.91. The molecule has 0 spiro atoms. The van der Waals surface area contributed by atoms with Gasteiger partial charge in [0, 0.05) is 18.2 Å². The number of aliphatic hydroxyl groups is 1. The summed E-state index contributed by atoms with van der Waals surface area (Å²) in [4.78, 5) is 0. The maximum atomic E-state index is 8.81. The zero-order chi connectivity index (χ0) is 15.2. The first-order valence-electron chi connectivity index (χ1n) is 6.60. The second-order valence-corrected chi connectivity index (χ2v) is 4.97. The van der Waals surface area contributed by atoms with Crippen LogP contribution in [0.2, 0.25) is 5.02 Å². The van der Waals surface area contributed by atoms with Crippen molar-refractivity contribution in [2.75, 3.05) is 13.7 Å². The van der Waals surface area contributed by atoms with Crippen molar-refractivity contribution >= 4 is 11.6 Å². The Hall–Kier alpha value is -1.96. The predicted octanol–water partition coefficient (Wildman–Crippen LogP) is 2.64. The Kier molecular flexibility index (Phi) is 5.26. The number of aromatic nitrogens is 2. The maximum Gasteiger partial charge on any atom is 0.119 e. The number of ether oxygens (including phenoxy) is 1. The number of hydrogen-bond acceptors (Lipinski definition) is 3. The number of aryl methyl sites for hydroxylation is 1. The molecule has 1 aromatic heterocycles. The molecule has 1 heterocycles. The van der Waals surface area contributed by atoms with Crippen molar-refractivity contribution in [2.45, 2.75) is 19.9 Å². The van der Waals surface area contributed by atoms with Gasteiger partial charge in [-0.2, -0.15) is 5.10 Å². The van der Waals surface area contributed by atoms with E-state index in [1.807, 2.05) is 25.1 Å². The van der Waals surface area contributed by atoms with Gasteiger partial charge in [0.1, 0.15) is 5.75 Å². The minimum absolute atomic E-state index is 0.0620. The second kappa shape index (κ2) is 7.16. The number of halogens is 1. The van der Waals surface area contributed by atoms with Gasteiger partial charge in [-0.05, 0) is 30.7 Å². The summed E-state index contributed by atoms with van der Waals surface area (Å²) < 4.78 is 7.04. The average molecular weight is 305 g/mol. The molecule has 0 aliphatic heterocycles. The molecule has 1 aromatic carbocycles. The molecule has 0 saturated carbocycles. The topological polar surface area (TPSA) is 47.3 Å². The molecule has 0 atom stereocenters. The molecule has 0 aliphatic rings. The third-order valence-corrected chi connectivity index (χ3v) is 3.36. The summed E-state index contributed by atoms with van der Waals surface area (Å²) in [5, 5.41) is 13.8. The Labute approximate surface area is 129 Å². The van der Waals surface area contributed by atoms with Gasteiger partial charge in [0.2, 0.25) is 0 Å². The highest BCUT2D eigenvalue weighted by atomic mass is 35.5. The van der Waals surface area contributed by atoms with Crippen LogP contribution >= 0.6 is 11.6 Å². The standard InChI is InChI=1S/C16H17ClN2O2/c1-12-16(17)11-19(18-12)10-14-9-15(21-2)7-6-13(14)5-3-4-8-20/h6-7,9,11,20H,4,8,10H2,1-2H3. The van der Waals surface area contributed by atoms with Crippen LogP contribution in [0, 0.1) is 18.8 Å². The molecule has 0 radical (unpaired) electrons. The summed E-state index contributed by atoms with van der Waals surface area (Å²) in [6, 6.07) is 5.72. The van der Waals surface area contributed by atoms with Gasteiger partial charge in [-0.15, -0.1) is 0 Å². The largest absolute Gasteiger partial charge is 0.497 e. The maximum absolute atomic E-state index is 8.81. The normalized spacial score (nSPS) is 10.1. The molecule has 0 unspecified atom stereocenters. The van der Waals surface area contributed by atoms with Crippen molar-refractivity contribution in [3.05, 3.63) is 46.2 Å². The van der Waals surface area contributed by atoms with Gasteiger partial charge in [-0.25, -0.2) is 0 Å². The van der Waals surface area contributed by atoms with E-state index in [0.717, 1.165) is 22.6 Å². The monoisotopic (exact) mass is 304 g/mol. The lowest BCUT2D eigenvalue weighted by molar-refractivity contribution is 0.305. The van der Waals surface area contributed by atoms with Crippen LogP contribution in [-0.4, -0.2) is 28.6 Å². The van der Waals surface area contributed by atoms with E-state index >= 15 is 0 Å². The fraction of sp³-hybridized carbons (Fsp3) is 0.312. The molecule has 0 aliphatic carbocycles. The molecule has 110 valence electrons. The van der Waals surface area contributed by atoms with Gasteiger partial charge in [0.05, 0.1) is 31.0 Å². The Morgan fingerprint density at radius 1 is 1.43 bits per heavy atom. The highest BCUT2D eigenvalue weighted by Gasteiger charge is 2.07. The first-order chi connectivity index (χ1) is 10.1. The molecular weight excluding hydrogens is 288 g/mol. The lowest BCUT2D eigenvalue weighted by atomic mass is 10.1. The van der Waals surface area contributed by atoms with E-state index in [1.54, 1.807) is 18.0 Å². The van der Waals surface area contributed by atoms with Gasteiger partial charge in [-0.3, -0.25) is 4.68 Å². The molecule has 0 saturated heterocycles. The zero-order valence-electron chi connectivity index (χ0n) is 12.1. The van der Waals surface area contributed by atoms with Crippen LogP contribution in [0.15, 0.2) is 24.4 Å². The Bertz CT molecular complexity index is 664. The lowest BCUT2D eigenvalue weighted by Gasteiger charge is -2.08. The summed E-state index contributed by atoms with van der Waals surface area (Å²) in [6.07, 6.45) is 2.25. The van der Waals surface area contributed by atoms with Crippen molar-refractivity contribution in [2.24, 2.45) is 0 Å². The quantitative estimate of drug-likeness (QED) is 0.883. The highest BCUT2D eigenvalue weighted by molar-refractivity contribution is 6.31. The van der Waals surface area contributed by atoms with Crippen LogP contribution in [-0.2, 0) is 6.54 Å². The zero-order valence-corrected chi connectivity index (χ0v) is 12.8. The molecule has 2 aromatic rings. The highest BCUT2D eigenvalue weighted by Crippen LogP contribution is 2.20. The number of hydrogen-bond donors (Lipinski definition) is 1. The summed E-state index contributed by atoms with van der Waals surface area (Å²) in [7, 11) is 1.63. The van der Waals surface area contributed by atoms with Crippen molar-refractivity contribution < 1.29 is 9.84 Å². The van der Waals surface area contributed by atoms with Crippen LogP contribution in [0.4, 0.5) is 0 Å². The first-order valence-corrected chi connectivity index (χ1v) is 6.98. The number of aliphatic hydroxyl groups excluding tert-OH is 1. The smallest absolute Gasteiger partial charge is 0.119 e. The Morgan fingerprint density at radius 2 is 2.24 bits per heavy atom. The van der Waals surface area contributed by atoms with Crippen molar-refractivity contribution in [1.29, 1.82) is 0 Å². The average Bonchev–Trinajstić information content (AvgIpc) is 2.79. The fourth-order valence-corrected chi connectivity index (χ4v) is 2.06. The minimum Gasteiger partial charge on any atom is -0.497 e. The lowest BCUT2D eigenvalue weighted by Crippen LogP contribution is -2.03. The summed E-state index contributed by atoms with van der Waals surface area (Å²) in [6.45, 7) is 2.49. The van der Waals surface area contributed by atoms with E-state index < -0.39 is 0 Å². The molecule has 0 amide bonds. The van der Waals surface area contributed by atoms with E-state index in [0.29, 0.717) is 18.0 Å². The number of rotatable bonds is 4. The Balaban J connectivity index is 2.32. The summed E-state index contributed by atoms with van der Waals surface area (Å²) >= 11 is 6.03. The van der Waals surface area contributed by atoms with Crippen LogP contribution in [0.1, 0.15) is 23.2 Å². The second-order valence-electron chi connectivity index (χ2n) is 4.56. The van der Waals surface area contributed by atoms with Crippen molar-refractivity contribution in [3.63, 3.8) is 0 Å².